The molecule has 0 aromatic heterocycles. The van der Waals surface area contributed by atoms with Gasteiger partial charge in [-0.2, -0.15) is 0 Å². The Morgan fingerprint density at radius 1 is 0.929 bits per heavy atom. The molecular weight excluding hydrogens is 342 g/mol. The SMILES string of the molecule is CC1=CCc2ccc(CCCN3CCN(C4=NCc5ccccc54)CC3)cc21. The molecule has 3 heteroatoms. The van der Waals surface area contributed by atoms with E-state index in [0.29, 0.717) is 0 Å². The number of aliphatic imine (C=N–C) groups is 1. The maximum Gasteiger partial charge on any atom is 0.131 e. The van der Waals surface area contributed by atoms with E-state index in [0.717, 1.165) is 39.1 Å². The van der Waals surface area contributed by atoms with Gasteiger partial charge in [-0.05, 0) is 60.6 Å². The molecule has 0 atom stereocenters. The minimum atomic E-state index is 0.848. The zero-order valence-corrected chi connectivity index (χ0v) is 16.8. The first-order valence-corrected chi connectivity index (χ1v) is 10.7. The fourth-order valence-electron chi connectivity index (χ4n) is 4.78. The van der Waals surface area contributed by atoms with Crippen molar-refractivity contribution >= 4 is 11.4 Å². The molecule has 0 N–H and O–H groups in total. The normalized spacial score (nSPS) is 18.7. The van der Waals surface area contributed by atoms with Gasteiger partial charge >= 0.3 is 0 Å². The molecule has 3 nitrogen and oxygen atoms in total. The Balaban J connectivity index is 1.11. The number of nitrogens with zero attached hydrogens (tertiary/aromatic N) is 3. The summed E-state index contributed by atoms with van der Waals surface area (Å²) in [5.41, 5.74) is 8.63. The monoisotopic (exact) mass is 371 g/mol. The third-order valence-electron chi connectivity index (χ3n) is 6.50. The first kappa shape index (κ1) is 17.7. The van der Waals surface area contributed by atoms with E-state index in [1.54, 1.807) is 0 Å². The third-order valence-corrected chi connectivity index (χ3v) is 6.50. The number of fused-ring (bicyclic) bond motifs is 2. The lowest BCUT2D eigenvalue weighted by Gasteiger charge is -2.36. The fourth-order valence-corrected chi connectivity index (χ4v) is 4.78. The van der Waals surface area contributed by atoms with Gasteiger partial charge in [0.15, 0.2) is 0 Å². The van der Waals surface area contributed by atoms with E-state index >= 15 is 0 Å². The molecule has 3 aliphatic rings. The molecule has 28 heavy (non-hydrogen) atoms. The summed E-state index contributed by atoms with van der Waals surface area (Å²) in [6, 6.07) is 15.8. The van der Waals surface area contributed by atoms with Crippen molar-refractivity contribution in [2.45, 2.75) is 32.7 Å². The van der Waals surface area contributed by atoms with E-state index in [-0.39, 0.29) is 0 Å². The van der Waals surface area contributed by atoms with Crippen LogP contribution in [0.1, 0.15) is 41.2 Å². The van der Waals surface area contributed by atoms with E-state index in [9.17, 15) is 0 Å². The summed E-state index contributed by atoms with van der Waals surface area (Å²) in [4.78, 5) is 9.91. The summed E-state index contributed by atoms with van der Waals surface area (Å²) in [6.07, 6.45) is 5.88. The molecule has 0 saturated carbocycles. The first-order chi connectivity index (χ1) is 13.8. The Hall–Kier alpha value is -2.39. The predicted octanol–water partition coefficient (Wildman–Crippen LogP) is 4.16. The Bertz CT molecular complexity index is 933. The molecule has 0 radical (unpaired) electrons. The van der Waals surface area contributed by atoms with Crippen molar-refractivity contribution in [1.82, 2.24) is 9.80 Å². The Morgan fingerprint density at radius 3 is 2.68 bits per heavy atom. The van der Waals surface area contributed by atoms with E-state index in [1.807, 2.05) is 0 Å². The highest BCUT2D eigenvalue weighted by Gasteiger charge is 2.24. The lowest BCUT2D eigenvalue weighted by molar-refractivity contribution is 0.181. The van der Waals surface area contributed by atoms with Crippen LogP contribution in [-0.2, 0) is 19.4 Å². The van der Waals surface area contributed by atoms with Gasteiger partial charge in [-0.3, -0.25) is 9.89 Å². The molecule has 0 unspecified atom stereocenters. The average Bonchev–Trinajstić information content (AvgIpc) is 3.33. The van der Waals surface area contributed by atoms with Gasteiger partial charge in [-0.15, -0.1) is 0 Å². The minimum Gasteiger partial charge on any atom is -0.354 e. The molecule has 0 bridgehead atoms. The fraction of sp³-hybridized carbons (Fsp3) is 0.400. The van der Waals surface area contributed by atoms with E-state index in [4.69, 9.17) is 4.99 Å². The van der Waals surface area contributed by atoms with E-state index in [1.165, 1.54) is 58.6 Å². The van der Waals surface area contributed by atoms with Gasteiger partial charge in [0.1, 0.15) is 5.84 Å². The maximum absolute atomic E-state index is 4.81. The van der Waals surface area contributed by atoms with Crippen molar-refractivity contribution in [2.24, 2.45) is 4.99 Å². The molecule has 1 aliphatic carbocycles. The number of rotatable bonds is 4. The van der Waals surface area contributed by atoms with Crippen LogP contribution in [0.25, 0.3) is 5.57 Å². The van der Waals surface area contributed by atoms with Crippen LogP contribution < -0.4 is 0 Å². The van der Waals surface area contributed by atoms with Crippen LogP contribution in [0.4, 0.5) is 0 Å². The summed E-state index contributed by atoms with van der Waals surface area (Å²) >= 11 is 0. The predicted molar refractivity (Wildman–Crippen MR) is 117 cm³/mol. The highest BCUT2D eigenvalue weighted by atomic mass is 15.3. The zero-order valence-electron chi connectivity index (χ0n) is 16.8. The molecule has 1 fully saturated rings. The molecule has 0 spiro atoms. The number of aryl methyl sites for hydroxylation is 1. The van der Waals surface area contributed by atoms with Crippen LogP contribution >= 0.6 is 0 Å². The highest BCUT2D eigenvalue weighted by molar-refractivity contribution is 6.02. The van der Waals surface area contributed by atoms with Gasteiger partial charge in [-0.25, -0.2) is 0 Å². The number of amidine groups is 1. The standard InChI is InChI=1S/C25H29N3/c1-19-8-10-21-11-9-20(17-24(19)21)5-4-12-27-13-15-28(16-14-27)25-23-7-3-2-6-22(23)18-26-25/h2-3,6-9,11,17H,4-5,10,12-16,18H2,1H3. The molecule has 1 saturated heterocycles. The van der Waals surface area contributed by atoms with Crippen LogP contribution in [-0.4, -0.2) is 48.4 Å². The summed E-state index contributed by atoms with van der Waals surface area (Å²) in [7, 11) is 0. The van der Waals surface area contributed by atoms with Crippen molar-refractivity contribution in [3.05, 3.63) is 76.4 Å². The van der Waals surface area contributed by atoms with Crippen LogP contribution in [0.3, 0.4) is 0 Å². The van der Waals surface area contributed by atoms with Crippen molar-refractivity contribution in [2.75, 3.05) is 32.7 Å². The molecule has 2 heterocycles. The van der Waals surface area contributed by atoms with Gasteiger partial charge in [0, 0.05) is 31.7 Å². The highest BCUT2D eigenvalue weighted by Crippen LogP contribution is 2.28. The first-order valence-electron chi connectivity index (χ1n) is 10.7. The van der Waals surface area contributed by atoms with Crippen molar-refractivity contribution in [3.8, 4) is 0 Å². The summed E-state index contributed by atoms with van der Waals surface area (Å²) < 4.78 is 0. The van der Waals surface area contributed by atoms with Gasteiger partial charge in [0.05, 0.1) is 6.54 Å². The lowest BCUT2D eigenvalue weighted by atomic mass is 10.0. The van der Waals surface area contributed by atoms with Gasteiger partial charge in [-0.1, -0.05) is 48.5 Å². The van der Waals surface area contributed by atoms with Crippen molar-refractivity contribution in [1.29, 1.82) is 0 Å². The smallest absolute Gasteiger partial charge is 0.131 e. The molecule has 0 amide bonds. The molecule has 144 valence electrons. The zero-order chi connectivity index (χ0) is 18.9. The topological polar surface area (TPSA) is 18.8 Å². The Kier molecular flexibility index (Phi) is 4.77. The molecule has 2 aromatic rings. The summed E-state index contributed by atoms with van der Waals surface area (Å²) in [5, 5.41) is 0. The van der Waals surface area contributed by atoms with Crippen LogP contribution in [0.5, 0.6) is 0 Å². The van der Waals surface area contributed by atoms with E-state index < -0.39 is 0 Å². The molecule has 5 rings (SSSR count). The second-order valence-electron chi connectivity index (χ2n) is 8.31. The van der Waals surface area contributed by atoms with Gasteiger partial charge in [0.25, 0.3) is 0 Å². The Labute approximate surface area is 168 Å². The largest absolute Gasteiger partial charge is 0.354 e. The summed E-state index contributed by atoms with van der Waals surface area (Å²) in [5.74, 6) is 1.22. The number of hydrogen-bond donors (Lipinski definition) is 0. The third kappa shape index (κ3) is 3.40. The van der Waals surface area contributed by atoms with Crippen LogP contribution in [0.15, 0.2) is 53.5 Å². The minimum absolute atomic E-state index is 0.848. The van der Waals surface area contributed by atoms with Crippen molar-refractivity contribution < 1.29 is 0 Å². The van der Waals surface area contributed by atoms with E-state index in [2.05, 4.69) is 65.3 Å². The number of benzene rings is 2. The van der Waals surface area contributed by atoms with Crippen LogP contribution in [0, 0.1) is 0 Å². The maximum atomic E-state index is 4.81. The molecule has 2 aliphatic heterocycles. The van der Waals surface area contributed by atoms with Gasteiger partial charge < -0.3 is 4.90 Å². The number of allylic oxidation sites excluding steroid dienone is 2. The second kappa shape index (κ2) is 7.56. The quantitative estimate of drug-likeness (QED) is 0.804. The van der Waals surface area contributed by atoms with Crippen molar-refractivity contribution in [3.63, 3.8) is 0 Å². The lowest BCUT2D eigenvalue weighted by Crippen LogP contribution is -2.48. The molecule has 2 aromatic carbocycles. The number of hydrogen-bond acceptors (Lipinski definition) is 3. The Morgan fingerprint density at radius 2 is 1.79 bits per heavy atom. The second-order valence-corrected chi connectivity index (χ2v) is 8.31. The number of piperazine rings is 1. The summed E-state index contributed by atoms with van der Waals surface area (Å²) in [6.45, 7) is 8.76. The average molecular weight is 372 g/mol. The van der Waals surface area contributed by atoms with Crippen LogP contribution in [0.2, 0.25) is 0 Å². The van der Waals surface area contributed by atoms with Gasteiger partial charge in [0.2, 0.25) is 0 Å². The molecular formula is C25H29N3.